The van der Waals surface area contributed by atoms with Crippen molar-refractivity contribution in [1.82, 2.24) is 5.32 Å². The fourth-order valence-electron chi connectivity index (χ4n) is 1.56. The SMILES string of the molecule is O=C(O)C[C@H]1NC[C@@H](O)[C@@H](O)[C@H](O)[C@H]1O. The van der Waals surface area contributed by atoms with Crippen LogP contribution in [0, 0.1) is 0 Å². The van der Waals surface area contributed by atoms with E-state index in [1.165, 1.54) is 0 Å². The molecule has 0 radical (unpaired) electrons. The number of carboxylic acid groups (broad SMARTS) is 1. The van der Waals surface area contributed by atoms with Gasteiger partial charge in [0.25, 0.3) is 0 Å². The van der Waals surface area contributed by atoms with E-state index in [1.54, 1.807) is 0 Å². The lowest BCUT2D eigenvalue weighted by molar-refractivity contribution is -0.139. The zero-order valence-corrected chi connectivity index (χ0v) is 7.95. The quantitative estimate of drug-likeness (QED) is 0.291. The maximum Gasteiger partial charge on any atom is 0.305 e. The number of hydrogen-bond acceptors (Lipinski definition) is 6. The van der Waals surface area contributed by atoms with E-state index in [1.807, 2.05) is 0 Å². The normalized spacial score (nSPS) is 42.3. The molecule has 0 bridgehead atoms. The molecule has 15 heavy (non-hydrogen) atoms. The van der Waals surface area contributed by atoms with E-state index in [2.05, 4.69) is 5.32 Å². The van der Waals surface area contributed by atoms with Crippen molar-refractivity contribution in [2.45, 2.75) is 36.9 Å². The Morgan fingerprint density at radius 1 is 1.13 bits per heavy atom. The van der Waals surface area contributed by atoms with Gasteiger partial charge >= 0.3 is 5.97 Å². The molecule has 0 saturated carbocycles. The van der Waals surface area contributed by atoms with Crippen molar-refractivity contribution in [1.29, 1.82) is 0 Å². The molecule has 1 aliphatic heterocycles. The molecule has 0 unspecified atom stereocenters. The van der Waals surface area contributed by atoms with E-state index in [0.29, 0.717) is 0 Å². The van der Waals surface area contributed by atoms with Gasteiger partial charge < -0.3 is 30.8 Å². The molecule has 7 nitrogen and oxygen atoms in total. The summed E-state index contributed by atoms with van der Waals surface area (Å²) in [4.78, 5) is 10.4. The molecule has 1 fully saturated rings. The summed E-state index contributed by atoms with van der Waals surface area (Å²) in [5.41, 5.74) is 0. The molecule has 0 aromatic heterocycles. The molecule has 88 valence electrons. The number of aliphatic hydroxyl groups excluding tert-OH is 4. The Hall–Kier alpha value is -0.730. The van der Waals surface area contributed by atoms with Crippen molar-refractivity contribution in [2.75, 3.05) is 6.54 Å². The summed E-state index contributed by atoms with van der Waals surface area (Å²) < 4.78 is 0. The van der Waals surface area contributed by atoms with Crippen LogP contribution < -0.4 is 5.32 Å². The fourth-order valence-corrected chi connectivity index (χ4v) is 1.56. The smallest absolute Gasteiger partial charge is 0.305 e. The summed E-state index contributed by atoms with van der Waals surface area (Å²) in [7, 11) is 0. The van der Waals surface area contributed by atoms with Crippen LogP contribution in [-0.4, -0.2) is 68.5 Å². The first kappa shape index (κ1) is 12.3. The maximum absolute atomic E-state index is 10.4. The number of rotatable bonds is 2. The van der Waals surface area contributed by atoms with Crippen LogP contribution in [0.15, 0.2) is 0 Å². The first-order valence-electron chi connectivity index (χ1n) is 4.61. The van der Waals surface area contributed by atoms with Crippen molar-refractivity contribution in [3.63, 3.8) is 0 Å². The second-order valence-electron chi connectivity index (χ2n) is 3.65. The highest BCUT2D eigenvalue weighted by Gasteiger charge is 2.39. The minimum atomic E-state index is -1.56. The van der Waals surface area contributed by atoms with Crippen LogP contribution in [0.2, 0.25) is 0 Å². The van der Waals surface area contributed by atoms with Gasteiger partial charge in [-0.3, -0.25) is 4.79 Å². The van der Waals surface area contributed by atoms with Crippen LogP contribution in [0.25, 0.3) is 0 Å². The molecule has 0 aliphatic carbocycles. The number of carbonyl (C=O) groups is 1. The average molecular weight is 221 g/mol. The number of nitrogens with one attached hydrogen (secondary N) is 1. The van der Waals surface area contributed by atoms with Crippen LogP contribution in [0.3, 0.4) is 0 Å². The van der Waals surface area contributed by atoms with Gasteiger partial charge in [0.1, 0.15) is 12.2 Å². The lowest BCUT2D eigenvalue weighted by atomic mass is 9.99. The standard InChI is InChI=1S/C8H15NO6/c10-4-2-9-3(1-5(11)12)6(13)8(15)7(4)14/h3-4,6-10,13-15H,1-2H2,(H,11,12)/t3-,4-,6+,7-,8-/m1/s1. The van der Waals surface area contributed by atoms with E-state index in [9.17, 15) is 25.2 Å². The Kier molecular flexibility index (Phi) is 4.00. The van der Waals surface area contributed by atoms with E-state index < -0.39 is 42.8 Å². The van der Waals surface area contributed by atoms with Gasteiger partial charge in [0, 0.05) is 12.6 Å². The zero-order chi connectivity index (χ0) is 11.6. The summed E-state index contributed by atoms with van der Waals surface area (Å²) in [6.45, 7) is -0.0762. The molecule has 1 aliphatic rings. The van der Waals surface area contributed by atoms with Crippen molar-refractivity contribution in [3.8, 4) is 0 Å². The average Bonchev–Trinajstić information content (AvgIpc) is 2.25. The third kappa shape index (κ3) is 2.86. The summed E-state index contributed by atoms with van der Waals surface area (Å²) in [5, 5.41) is 48.6. The van der Waals surface area contributed by atoms with Crippen LogP contribution in [0.1, 0.15) is 6.42 Å². The summed E-state index contributed by atoms with van der Waals surface area (Å²) >= 11 is 0. The van der Waals surface area contributed by atoms with Gasteiger partial charge in [0.05, 0.1) is 18.6 Å². The Balaban J connectivity index is 2.71. The summed E-state index contributed by atoms with van der Waals surface area (Å²) in [6, 6.07) is -0.885. The molecule has 0 amide bonds. The summed E-state index contributed by atoms with van der Waals surface area (Å²) in [5.74, 6) is -1.13. The van der Waals surface area contributed by atoms with E-state index in [4.69, 9.17) is 5.11 Å². The number of aliphatic hydroxyl groups is 4. The Morgan fingerprint density at radius 2 is 1.73 bits per heavy atom. The lowest BCUT2D eigenvalue weighted by Crippen LogP contribution is -2.48. The Morgan fingerprint density at radius 3 is 2.27 bits per heavy atom. The third-order valence-corrected chi connectivity index (χ3v) is 2.49. The van der Waals surface area contributed by atoms with E-state index in [-0.39, 0.29) is 6.54 Å². The van der Waals surface area contributed by atoms with E-state index in [0.717, 1.165) is 0 Å². The Labute approximate surface area is 86.0 Å². The molecular weight excluding hydrogens is 206 g/mol. The molecule has 1 rings (SSSR count). The van der Waals surface area contributed by atoms with Gasteiger partial charge in [-0.2, -0.15) is 0 Å². The highest BCUT2D eigenvalue weighted by atomic mass is 16.4. The predicted octanol–water partition coefficient (Wildman–Crippen LogP) is -3.12. The highest BCUT2D eigenvalue weighted by Crippen LogP contribution is 2.14. The van der Waals surface area contributed by atoms with E-state index >= 15 is 0 Å². The van der Waals surface area contributed by atoms with Crippen molar-refractivity contribution >= 4 is 5.97 Å². The monoisotopic (exact) mass is 221 g/mol. The molecule has 1 saturated heterocycles. The highest BCUT2D eigenvalue weighted by molar-refractivity contribution is 5.67. The zero-order valence-electron chi connectivity index (χ0n) is 7.95. The van der Waals surface area contributed by atoms with Crippen molar-refractivity contribution in [3.05, 3.63) is 0 Å². The van der Waals surface area contributed by atoms with Crippen LogP contribution in [-0.2, 0) is 4.79 Å². The minimum absolute atomic E-state index is 0.0762. The number of β-amino-alcohol motifs (C(OH)–C–C–N with tert-alkyl or cyclic N) is 1. The van der Waals surface area contributed by atoms with Crippen molar-refractivity contribution in [2.24, 2.45) is 0 Å². The first-order chi connectivity index (χ1) is 6.93. The van der Waals surface area contributed by atoms with Crippen LogP contribution >= 0.6 is 0 Å². The fraction of sp³-hybridized carbons (Fsp3) is 0.875. The molecule has 0 aromatic carbocycles. The Bertz CT molecular complexity index is 235. The molecular formula is C8H15NO6. The van der Waals surface area contributed by atoms with Crippen LogP contribution in [0.5, 0.6) is 0 Å². The molecule has 0 aromatic rings. The molecule has 1 heterocycles. The lowest BCUT2D eigenvalue weighted by Gasteiger charge is -2.25. The van der Waals surface area contributed by atoms with Gasteiger partial charge in [-0.25, -0.2) is 0 Å². The number of aliphatic carboxylic acids is 1. The topological polar surface area (TPSA) is 130 Å². The number of carboxylic acids is 1. The van der Waals surface area contributed by atoms with Gasteiger partial charge in [-0.15, -0.1) is 0 Å². The maximum atomic E-state index is 10.4. The first-order valence-corrected chi connectivity index (χ1v) is 4.61. The van der Waals surface area contributed by atoms with Crippen molar-refractivity contribution < 1.29 is 30.3 Å². The molecule has 7 heteroatoms. The van der Waals surface area contributed by atoms with Crippen LogP contribution in [0.4, 0.5) is 0 Å². The van der Waals surface area contributed by atoms with Gasteiger partial charge in [0.15, 0.2) is 0 Å². The molecule has 5 atom stereocenters. The largest absolute Gasteiger partial charge is 0.481 e. The molecule has 6 N–H and O–H groups in total. The molecule has 0 spiro atoms. The predicted molar refractivity (Wildman–Crippen MR) is 48.1 cm³/mol. The van der Waals surface area contributed by atoms with Gasteiger partial charge in [-0.1, -0.05) is 0 Å². The van der Waals surface area contributed by atoms with Gasteiger partial charge in [0.2, 0.25) is 0 Å². The third-order valence-electron chi connectivity index (χ3n) is 2.49. The minimum Gasteiger partial charge on any atom is -0.481 e. The van der Waals surface area contributed by atoms with Gasteiger partial charge in [-0.05, 0) is 0 Å². The summed E-state index contributed by atoms with van der Waals surface area (Å²) in [6.07, 6.45) is -6.08. The number of hydrogen-bond donors (Lipinski definition) is 6. The second-order valence-corrected chi connectivity index (χ2v) is 3.65. The second kappa shape index (κ2) is 4.86.